The molecule has 0 bridgehead atoms. The Kier molecular flexibility index (Phi) is 6.68. The van der Waals surface area contributed by atoms with E-state index in [9.17, 15) is 0 Å². The molecule has 2 N–H and O–H groups in total. The number of guanidine groups is 1. The lowest BCUT2D eigenvalue weighted by atomic mass is 9.97. The van der Waals surface area contributed by atoms with Crippen molar-refractivity contribution in [3.8, 4) is 0 Å². The molecule has 128 valence electrons. The summed E-state index contributed by atoms with van der Waals surface area (Å²) in [5.74, 6) is 0.895. The van der Waals surface area contributed by atoms with E-state index in [4.69, 9.17) is 4.99 Å². The van der Waals surface area contributed by atoms with Crippen molar-refractivity contribution >= 4 is 5.96 Å². The third-order valence-corrected chi connectivity index (χ3v) is 4.52. The Bertz CT molecular complexity index is 568. The molecule has 1 aromatic heterocycles. The number of aliphatic imine (C=N–C) groups is 1. The summed E-state index contributed by atoms with van der Waals surface area (Å²) in [6.45, 7) is 8.74. The van der Waals surface area contributed by atoms with Gasteiger partial charge in [-0.25, -0.2) is 4.99 Å². The predicted octanol–water partition coefficient (Wildman–Crippen LogP) is 2.98. The molecule has 0 fully saturated rings. The van der Waals surface area contributed by atoms with Crippen LogP contribution in [0.3, 0.4) is 0 Å². The Hall–Kier alpha value is -1.78. The van der Waals surface area contributed by atoms with Crippen LogP contribution in [0.5, 0.6) is 0 Å². The van der Waals surface area contributed by atoms with E-state index in [1.165, 1.54) is 36.9 Å². The fourth-order valence-corrected chi connectivity index (χ4v) is 3.02. The molecule has 1 aromatic rings. The van der Waals surface area contributed by atoms with Crippen molar-refractivity contribution < 1.29 is 0 Å². The summed E-state index contributed by atoms with van der Waals surface area (Å²) in [7, 11) is 1.98. The number of nitrogens with zero attached hydrogens (tertiary/aromatic N) is 3. The fourth-order valence-electron chi connectivity index (χ4n) is 3.02. The van der Waals surface area contributed by atoms with E-state index in [0.717, 1.165) is 31.2 Å². The van der Waals surface area contributed by atoms with Crippen molar-refractivity contribution in [1.29, 1.82) is 0 Å². The average molecular weight is 317 g/mol. The molecular formula is C18H31N5. The van der Waals surface area contributed by atoms with Crippen LogP contribution < -0.4 is 10.6 Å². The second-order valence-corrected chi connectivity index (χ2v) is 6.25. The fraction of sp³-hybridized carbons (Fsp3) is 0.667. The first-order chi connectivity index (χ1) is 11.1. The second kappa shape index (κ2) is 8.75. The van der Waals surface area contributed by atoms with E-state index in [1.54, 1.807) is 5.57 Å². The number of hydrogen-bond acceptors (Lipinski definition) is 2. The van der Waals surface area contributed by atoms with Gasteiger partial charge in [0.15, 0.2) is 5.96 Å². The summed E-state index contributed by atoms with van der Waals surface area (Å²) in [6, 6.07) is 0. The molecule has 0 aliphatic heterocycles. The van der Waals surface area contributed by atoms with Gasteiger partial charge in [0.2, 0.25) is 0 Å². The van der Waals surface area contributed by atoms with Gasteiger partial charge < -0.3 is 10.6 Å². The van der Waals surface area contributed by atoms with Gasteiger partial charge in [-0.2, -0.15) is 5.10 Å². The zero-order valence-corrected chi connectivity index (χ0v) is 15.1. The normalized spacial score (nSPS) is 15.5. The maximum Gasteiger partial charge on any atom is 0.191 e. The van der Waals surface area contributed by atoms with Gasteiger partial charge in [0.1, 0.15) is 0 Å². The van der Waals surface area contributed by atoms with E-state index in [1.807, 2.05) is 18.7 Å². The molecule has 0 saturated heterocycles. The first kappa shape index (κ1) is 17.6. The van der Waals surface area contributed by atoms with Crippen molar-refractivity contribution in [3.63, 3.8) is 0 Å². The number of allylic oxidation sites excluding steroid dienone is 1. The highest BCUT2D eigenvalue weighted by molar-refractivity contribution is 5.79. The minimum Gasteiger partial charge on any atom is -0.357 e. The Morgan fingerprint density at radius 1 is 1.30 bits per heavy atom. The van der Waals surface area contributed by atoms with Crippen molar-refractivity contribution in [3.05, 3.63) is 28.6 Å². The Labute approximate surface area is 140 Å². The van der Waals surface area contributed by atoms with Crippen LogP contribution in [0.4, 0.5) is 0 Å². The molecule has 5 heteroatoms. The summed E-state index contributed by atoms with van der Waals surface area (Å²) in [4.78, 5) is 4.72. The van der Waals surface area contributed by atoms with Gasteiger partial charge in [-0.1, -0.05) is 11.6 Å². The molecule has 0 amide bonds. The van der Waals surface area contributed by atoms with Gasteiger partial charge in [0, 0.05) is 31.4 Å². The molecule has 1 aliphatic rings. The minimum absolute atomic E-state index is 0.670. The van der Waals surface area contributed by atoms with Gasteiger partial charge in [-0.05, 0) is 52.9 Å². The molecule has 0 unspecified atom stereocenters. The number of rotatable bonds is 6. The van der Waals surface area contributed by atoms with Crippen LogP contribution in [-0.2, 0) is 13.6 Å². The SMILES string of the molecule is CCNC(=NCc1c(C)nn(C)c1C)NCCC1=CCCCC1. The van der Waals surface area contributed by atoms with E-state index in [-0.39, 0.29) is 0 Å². The van der Waals surface area contributed by atoms with Gasteiger partial charge in [0.05, 0.1) is 12.2 Å². The average Bonchev–Trinajstić information content (AvgIpc) is 2.79. The summed E-state index contributed by atoms with van der Waals surface area (Å²) < 4.78 is 1.93. The van der Waals surface area contributed by atoms with Crippen LogP contribution in [0, 0.1) is 13.8 Å². The van der Waals surface area contributed by atoms with Crippen LogP contribution in [0.2, 0.25) is 0 Å². The summed E-state index contributed by atoms with van der Waals surface area (Å²) in [5, 5.41) is 11.2. The van der Waals surface area contributed by atoms with Gasteiger partial charge in [-0.3, -0.25) is 4.68 Å². The third kappa shape index (κ3) is 5.12. The second-order valence-electron chi connectivity index (χ2n) is 6.25. The molecule has 1 aliphatic carbocycles. The Morgan fingerprint density at radius 2 is 2.13 bits per heavy atom. The number of aryl methyl sites for hydroxylation is 2. The number of aromatic nitrogens is 2. The van der Waals surface area contributed by atoms with Crippen molar-refractivity contribution in [2.24, 2.45) is 12.0 Å². The maximum atomic E-state index is 4.72. The molecule has 0 radical (unpaired) electrons. The lowest BCUT2D eigenvalue weighted by Crippen LogP contribution is -2.37. The molecule has 0 saturated carbocycles. The van der Waals surface area contributed by atoms with Gasteiger partial charge in [0.25, 0.3) is 0 Å². The summed E-state index contributed by atoms with van der Waals surface area (Å²) in [6.07, 6.45) is 8.75. The molecule has 23 heavy (non-hydrogen) atoms. The van der Waals surface area contributed by atoms with E-state index in [2.05, 4.69) is 35.7 Å². The summed E-state index contributed by atoms with van der Waals surface area (Å²) in [5.41, 5.74) is 5.07. The number of hydrogen-bond donors (Lipinski definition) is 2. The quantitative estimate of drug-likeness (QED) is 0.482. The highest BCUT2D eigenvalue weighted by Crippen LogP contribution is 2.19. The van der Waals surface area contributed by atoms with E-state index < -0.39 is 0 Å². The van der Waals surface area contributed by atoms with Gasteiger partial charge in [-0.15, -0.1) is 0 Å². The maximum absolute atomic E-state index is 4.72. The van der Waals surface area contributed by atoms with Crippen LogP contribution in [0.25, 0.3) is 0 Å². The van der Waals surface area contributed by atoms with E-state index >= 15 is 0 Å². The monoisotopic (exact) mass is 317 g/mol. The van der Waals surface area contributed by atoms with Crippen molar-refractivity contribution in [2.45, 2.75) is 59.4 Å². The number of nitrogens with one attached hydrogen (secondary N) is 2. The summed E-state index contributed by atoms with van der Waals surface area (Å²) >= 11 is 0. The first-order valence-electron chi connectivity index (χ1n) is 8.81. The van der Waals surface area contributed by atoms with Crippen LogP contribution in [0.1, 0.15) is 56.0 Å². The van der Waals surface area contributed by atoms with Crippen molar-refractivity contribution in [2.75, 3.05) is 13.1 Å². The molecule has 1 heterocycles. The zero-order valence-electron chi connectivity index (χ0n) is 15.1. The topological polar surface area (TPSA) is 54.2 Å². The van der Waals surface area contributed by atoms with Crippen LogP contribution >= 0.6 is 0 Å². The molecule has 5 nitrogen and oxygen atoms in total. The molecule has 0 spiro atoms. The molecule has 0 atom stereocenters. The van der Waals surface area contributed by atoms with Crippen LogP contribution in [0.15, 0.2) is 16.6 Å². The third-order valence-electron chi connectivity index (χ3n) is 4.52. The van der Waals surface area contributed by atoms with Crippen LogP contribution in [-0.4, -0.2) is 28.8 Å². The zero-order chi connectivity index (χ0) is 16.7. The lowest BCUT2D eigenvalue weighted by Gasteiger charge is -2.15. The standard InChI is InChI=1S/C18H31N5/c1-5-19-18(20-12-11-16-9-7-6-8-10-16)21-13-17-14(2)22-23(4)15(17)3/h9H,5-8,10-13H2,1-4H3,(H2,19,20,21). The predicted molar refractivity (Wildman–Crippen MR) is 96.7 cm³/mol. The van der Waals surface area contributed by atoms with Crippen molar-refractivity contribution in [1.82, 2.24) is 20.4 Å². The first-order valence-corrected chi connectivity index (χ1v) is 8.81. The Morgan fingerprint density at radius 3 is 2.74 bits per heavy atom. The Balaban J connectivity index is 1.90. The largest absolute Gasteiger partial charge is 0.357 e. The highest BCUT2D eigenvalue weighted by Gasteiger charge is 2.09. The lowest BCUT2D eigenvalue weighted by molar-refractivity contribution is 0.665. The molecule has 0 aromatic carbocycles. The molecular weight excluding hydrogens is 286 g/mol. The smallest absolute Gasteiger partial charge is 0.191 e. The minimum atomic E-state index is 0.670. The van der Waals surface area contributed by atoms with Gasteiger partial charge >= 0.3 is 0 Å². The molecule has 2 rings (SSSR count). The highest BCUT2D eigenvalue weighted by atomic mass is 15.3. The van der Waals surface area contributed by atoms with E-state index in [0.29, 0.717) is 6.54 Å².